The highest BCUT2D eigenvalue weighted by atomic mass is 16.2. The third kappa shape index (κ3) is 4.29. The lowest BCUT2D eigenvalue weighted by molar-refractivity contribution is -0.127. The first kappa shape index (κ1) is 15.5. The second-order valence-electron chi connectivity index (χ2n) is 5.69. The fourth-order valence-electron chi connectivity index (χ4n) is 2.43. The normalized spacial score (nSPS) is 17.2. The molecule has 2 amide bonds. The van der Waals surface area contributed by atoms with Crippen molar-refractivity contribution in [3.8, 4) is 0 Å². The Balaban J connectivity index is 1.89. The Kier molecular flexibility index (Phi) is 4.96. The van der Waals surface area contributed by atoms with Crippen LogP contribution < -0.4 is 10.6 Å². The lowest BCUT2D eigenvalue weighted by Gasteiger charge is -2.26. The number of nitrogens with one attached hydrogen (secondary N) is 2. The third-order valence-corrected chi connectivity index (χ3v) is 3.89. The Morgan fingerprint density at radius 2 is 2.14 bits per heavy atom. The highest BCUT2D eigenvalue weighted by molar-refractivity contribution is 5.82. The minimum Gasteiger partial charge on any atom is -0.354 e. The Bertz CT molecular complexity index is 542. The van der Waals surface area contributed by atoms with Gasteiger partial charge in [0.15, 0.2) is 0 Å². The van der Waals surface area contributed by atoms with Gasteiger partial charge in [0.05, 0.1) is 19.1 Å². The monoisotopic (exact) mass is 289 g/mol. The maximum absolute atomic E-state index is 12.1. The van der Waals surface area contributed by atoms with Crippen molar-refractivity contribution in [2.75, 3.05) is 26.2 Å². The molecule has 2 rings (SSSR count). The van der Waals surface area contributed by atoms with Crippen LogP contribution in [0.5, 0.6) is 0 Å². The summed E-state index contributed by atoms with van der Waals surface area (Å²) in [7, 11) is 0. The molecule has 1 saturated heterocycles. The highest BCUT2D eigenvalue weighted by Crippen LogP contribution is 2.16. The zero-order chi connectivity index (χ0) is 15.4. The van der Waals surface area contributed by atoms with E-state index in [0.29, 0.717) is 13.1 Å². The molecule has 1 fully saturated rings. The predicted molar refractivity (Wildman–Crippen MR) is 81.9 cm³/mol. The lowest BCUT2D eigenvalue weighted by atomic mass is 10.0. The van der Waals surface area contributed by atoms with Gasteiger partial charge in [0.1, 0.15) is 0 Å². The molecule has 0 aromatic heterocycles. The first-order valence-corrected chi connectivity index (χ1v) is 7.31. The van der Waals surface area contributed by atoms with Crippen LogP contribution in [0.2, 0.25) is 0 Å². The van der Waals surface area contributed by atoms with Crippen molar-refractivity contribution in [3.05, 3.63) is 34.9 Å². The quantitative estimate of drug-likeness (QED) is 0.866. The van der Waals surface area contributed by atoms with Crippen LogP contribution in [-0.4, -0.2) is 42.9 Å². The first-order chi connectivity index (χ1) is 9.95. The molecular formula is C16H23N3O2. The predicted octanol–water partition coefficient (Wildman–Crippen LogP) is 0.912. The smallest absolute Gasteiger partial charge is 0.234 e. The van der Waals surface area contributed by atoms with Crippen molar-refractivity contribution in [1.82, 2.24) is 15.5 Å². The van der Waals surface area contributed by atoms with Gasteiger partial charge in [-0.1, -0.05) is 18.2 Å². The zero-order valence-electron chi connectivity index (χ0n) is 12.9. The van der Waals surface area contributed by atoms with Gasteiger partial charge in [-0.05, 0) is 37.5 Å². The molecule has 1 aliphatic heterocycles. The molecule has 1 aromatic rings. The summed E-state index contributed by atoms with van der Waals surface area (Å²) in [5.74, 6) is -0.0633. The van der Waals surface area contributed by atoms with Crippen molar-refractivity contribution in [2.24, 2.45) is 0 Å². The van der Waals surface area contributed by atoms with Crippen molar-refractivity contribution < 1.29 is 9.59 Å². The number of hydrogen-bond donors (Lipinski definition) is 2. The largest absolute Gasteiger partial charge is 0.354 e. The number of carbonyl (C=O) groups is 2. The number of rotatable bonds is 4. The van der Waals surface area contributed by atoms with E-state index in [4.69, 9.17) is 0 Å². The van der Waals surface area contributed by atoms with E-state index in [9.17, 15) is 9.59 Å². The van der Waals surface area contributed by atoms with E-state index in [1.165, 1.54) is 11.1 Å². The molecule has 1 aromatic carbocycles. The number of carbonyl (C=O) groups excluding carboxylic acids is 2. The Labute approximate surface area is 125 Å². The Hall–Kier alpha value is -1.88. The molecule has 0 bridgehead atoms. The molecule has 1 atom stereocenters. The molecule has 1 aliphatic rings. The molecular weight excluding hydrogens is 266 g/mol. The lowest BCUT2D eigenvalue weighted by Crippen LogP contribution is -2.50. The van der Waals surface area contributed by atoms with E-state index < -0.39 is 0 Å². The van der Waals surface area contributed by atoms with Crippen molar-refractivity contribution in [2.45, 2.75) is 26.8 Å². The van der Waals surface area contributed by atoms with Gasteiger partial charge in [-0.2, -0.15) is 0 Å². The number of benzene rings is 1. The van der Waals surface area contributed by atoms with Gasteiger partial charge in [-0.3, -0.25) is 14.5 Å². The van der Waals surface area contributed by atoms with Gasteiger partial charge in [0, 0.05) is 13.1 Å². The number of hydrogen-bond acceptors (Lipinski definition) is 3. The average molecular weight is 289 g/mol. The summed E-state index contributed by atoms with van der Waals surface area (Å²) in [5, 5.41) is 5.74. The second-order valence-corrected chi connectivity index (χ2v) is 5.69. The van der Waals surface area contributed by atoms with Crippen LogP contribution >= 0.6 is 0 Å². The second kappa shape index (κ2) is 6.72. The van der Waals surface area contributed by atoms with E-state index >= 15 is 0 Å². The molecule has 114 valence electrons. The average Bonchev–Trinajstić information content (AvgIpc) is 2.41. The van der Waals surface area contributed by atoms with Gasteiger partial charge in [0.2, 0.25) is 11.8 Å². The Morgan fingerprint density at radius 3 is 2.81 bits per heavy atom. The van der Waals surface area contributed by atoms with Crippen LogP contribution in [-0.2, 0) is 9.59 Å². The molecule has 2 N–H and O–H groups in total. The maximum Gasteiger partial charge on any atom is 0.234 e. The minimum atomic E-state index is -0.0459. The van der Waals surface area contributed by atoms with Gasteiger partial charge in [-0.15, -0.1) is 0 Å². The van der Waals surface area contributed by atoms with Crippen molar-refractivity contribution >= 4 is 11.8 Å². The van der Waals surface area contributed by atoms with Crippen LogP contribution in [0.25, 0.3) is 0 Å². The number of nitrogens with zero attached hydrogens (tertiary/aromatic N) is 1. The molecule has 5 heteroatoms. The van der Waals surface area contributed by atoms with Gasteiger partial charge >= 0.3 is 0 Å². The number of aryl methyl sites for hydroxylation is 2. The van der Waals surface area contributed by atoms with Crippen LogP contribution in [0.15, 0.2) is 18.2 Å². The summed E-state index contributed by atoms with van der Waals surface area (Å²) >= 11 is 0. The molecule has 5 nitrogen and oxygen atoms in total. The van der Waals surface area contributed by atoms with Gasteiger partial charge in [0.25, 0.3) is 0 Å². The molecule has 0 radical (unpaired) electrons. The van der Waals surface area contributed by atoms with Gasteiger partial charge < -0.3 is 10.6 Å². The van der Waals surface area contributed by atoms with Crippen molar-refractivity contribution in [3.63, 3.8) is 0 Å². The van der Waals surface area contributed by atoms with E-state index in [1.807, 2.05) is 17.9 Å². The summed E-state index contributed by atoms with van der Waals surface area (Å²) in [6.45, 7) is 8.01. The number of piperazine rings is 1. The molecule has 21 heavy (non-hydrogen) atoms. The fourth-order valence-corrected chi connectivity index (χ4v) is 2.43. The van der Waals surface area contributed by atoms with E-state index in [2.05, 4.69) is 36.6 Å². The number of amides is 2. The van der Waals surface area contributed by atoms with E-state index in [-0.39, 0.29) is 24.4 Å². The van der Waals surface area contributed by atoms with Crippen LogP contribution in [0.3, 0.4) is 0 Å². The maximum atomic E-state index is 12.1. The standard InChI is InChI=1S/C16H23N3O2/c1-11-4-5-14(8-12(11)2)13(3)18-16(21)10-19-7-6-17-15(20)9-19/h4-5,8,13H,6-7,9-10H2,1-3H3,(H,17,20)(H,18,21)/t13-/m1/s1. The molecule has 1 heterocycles. The molecule has 0 saturated carbocycles. The van der Waals surface area contributed by atoms with Crippen LogP contribution in [0.1, 0.15) is 29.7 Å². The third-order valence-electron chi connectivity index (χ3n) is 3.89. The first-order valence-electron chi connectivity index (χ1n) is 7.31. The molecule has 0 spiro atoms. The Morgan fingerprint density at radius 1 is 1.38 bits per heavy atom. The molecule has 0 aliphatic carbocycles. The molecule has 0 unspecified atom stereocenters. The summed E-state index contributed by atoms with van der Waals surface area (Å²) in [5.41, 5.74) is 3.57. The van der Waals surface area contributed by atoms with Crippen LogP contribution in [0, 0.1) is 13.8 Å². The van der Waals surface area contributed by atoms with Crippen LogP contribution in [0.4, 0.5) is 0 Å². The zero-order valence-corrected chi connectivity index (χ0v) is 12.9. The summed E-state index contributed by atoms with van der Waals surface area (Å²) in [6, 6.07) is 6.19. The van der Waals surface area contributed by atoms with E-state index in [0.717, 1.165) is 12.1 Å². The highest BCUT2D eigenvalue weighted by Gasteiger charge is 2.19. The minimum absolute atomic E-state index is 0.0174. The van der Waals surface area contributed by atoms with Gasteiger partial charge in [-0.25, -0.2) is 0 Å². The topological polar surface area (TPSA) is 61.4 Å². The fraction of sp³-hybridized carbons (Fsp3) is 0.500. The SMILES string of the molecule is Cc1ccc([C@@H](C)NC(=O)CN2CCNC(=O)C2)cc1C. The summed E-state index contributed by atoms with van der Waals surface area (Å²) < 4.78 is 0. The summed E-state index contributed by atoms with van der Waals surface area (Å²) in [6.07, 6.45) is 0. The van der Waals surface area contributed by atoms with E-state index in [1.54, 1.807) is 0 Å². The van der Waals surface area contributed by atoms with Crippen molar-refractivity contribution in [1.29, 1.82) is 0 Å². The summed E-state index contributed by atoms with van der Waals surface area (Å²) in [4.78, 5) is 25.2.